The Bertz CT molecular complexity index is 1440. The van der Waals surface area contributed by atoms with Crippen LogP contribution in [-0.4, -0.2) is 37.8 Å². The molecular weight excluding hydrogens is 454 g/mol. The highest BCUT2D eigenvalue weighted by Crippen LogP contribution is 2.38. The third-order valence-corrected chi connectivity index (χ3v) is 6.98. The lowest BCUT2D eigenvalue weighted by atomic mass is 9.95. The number of hydrogen-bond acceptors (Lipinski definition) is 7. The summed E-state index contributed by atoms with van der Waals surface area (Å²) in [5, 5.41) is 7.92. The van der Waals surface area contributed by atoms with E-state index < -0.39 is 11.9 Å². The van der Waals surface area contributed by atoms with Crippen LogP contribution >= 0.6 is 11.3 Å². The van der Waals surface area contributed by atoms with E-state index in [1.54, 1.807) is 11.6 Å². The zero-order chi connectivity index (χ0) is 23.7. The average Bonchev–Trinajstić information content (AvgIpc) is 3.43. The van der Waals surface area contributed by atoms with Crippen molar-refractivity contribution in [1.29, 1.82) is 0 Å². The quantitative estimate of drug-likeness (QED) is 0.427. The minimum absolute atomic E-state index is 0.233. The number of para-hydroxylation sites is 1. The number of anilines is 1. The number of carbonyl (C=O) groups excluding carboxylic acids is 2. The molecule has 5 rings (SSSR count). The minimum atomic E-state index is -0.425. The Balaban J connectivity index is 1.41. The van der Waals surface area contributed by atoms with Gasteiger partial charge >= 0.3 is 5.97 Å². The zero-order valence-electron chi connectivity index (χ0n) is 18.6. The Morgan fingerprint density at radius 2 is 1.97 bits per heavy atom. The maximum atomic E-state index is 13.0. The molecule has 0 saturated carbocycles. The van der Waals surface area contributed by atoms with Crippen LogP contribution in [0.4, 0.5) is 5.00 Å². The van der Waals surface area contributed by atoms with Crippen LogP contribution in [0.2, 0.25) is 0 Å². The van der Waals surface area contributed by atoms with E-state index >= 15 is 0 Å². The molecule has 10 heteroatoms. The smallest absolute Gasteiger partial charge is 0.341 e. The Labute approximate surface area is 199 Å². The molecule has 0 aliphatic heterocycles. The van der Waals surface area contributed by atoms with E-state index in [1.807, 2.05) is 30.3 Å². The SMILES string of the molecule is CCOC(=O)c1c(NC(=O)Cn2cnc3c(cnn3-c3ccccc3)c2=O)sc2c1CCCC2. The lowest BCUT2D eigenvalue weighted by Gasteiger charge is -2.12. The van der Waals surface area contributed by atoms with Crippen molar-refractivity contribution in [3.8, 4) is 5.69 Å². The van der Waals surface area contributed by atoms with E-state index in [0.717, 1.165) is 41.8 Å². The molecule has 1 aromatic carbocycles. The van der Waals surface area contributed by atoms with Gasteiger partial charge in [0, 0.05) is 4.88 Å². The fraction of sp³-hybridized carbons (Fsp3) is 0.292. The van der Waals surface area contributed by atoms with E-state index in [2.05, 4.69) is 15.4 Å². The van der Waals surface area contributed by atoms with Crippen LogP contribution in [-0.2, 0) is 28.9 Å². The molecule has 1 N–H and O–H groups in total. The first-order chi connectivity index (χ1) is 16.6. The Hall–Kier alpha value is -3.79. The van der Waals surface area contributed by atoms with Gasteiger partial charge in [-0.05, 0) is 50.3 Å². The van der Waals surface area contributed by atoms with Crippen molar-refractivity contribution in [3.63, 3.8) is 0 Å². The number of ether oxygens (including phenoxy) is 1. The number of nitrogens with one attached hydrogen (secondary N) is 1. The first kappa shape index (κ1) is 22.0. The zero-order valence-corrected chi connectivity index (χ0v) is 19.4. The average molecular weight is 478 g/mol. The molecule has 0 bridgehead atoms. The molecule has 0 spiro atoms. The van der Waals surface area contributed by atoms with Gasteiger partial charge < -0.3 is 10.1 Å². The highest BCUT2D eigenvalue weighted by molar-refractivity contribution is 7.17. The van der Waals surface area contributed by atoms with Gasteiger partial charge in [0.25, 0.3) is 5.56 Å². The molecule has 0 unspecified atom stereocenters. The van der Waals surface area contributed by atoms with Gasteiger partial charge in [0.15, 0.2) is 5.65 Å². The summed E-state index contributed by atoms with van der Waals surface area (Å²) in [6.45, 7) is 1.78. The summed E-state index contributed by atoms with van der Waals surface area (Å²) < 4.78 is 8.07. The van der Waals surface area contributed by atoms with Crippen LogP contribution < -0.4 is 10.9 Å². The number of nitrogens with zero attached hydrogens (tertiary/aromatic N) is 4. The number of fused-ring (bicyclic) bond motifs is 2. The largest absolute Gasteiger partial charge is 0.462 e. The predicted molar refractivity (Wildman–Crippen MR) is 129 cm³/mol. The molecule has 3 heterocycles. The summed E-state index contributed by atoms with van der Waals surface area (Å²) in [6, 6.07) is 9.39. The molecule has 0 radical (unpaired) electrons. The Kier molecular flexibility index (Phi) is 5.97. The molecule has 1 aliphatic rings. The highest BCUT2D eigenvalue weighted by atomic mass is 32.1. The molecule has 174 valence electrons. The van der Waals surface area contributed by atoms with Gasteiger partial charge in [-0.1, -0.05) is 18.2 Å². The van der Waals surface area contributed by atoms with Gasteiger partial charge in [-0.25, -0.2) is 14.5 Å². The van der Waals surface area contributed by atoms with E-state index in [9.17, 15) is 14.4 Å². The molecule has 1 amide bonds. The van der Waals surface area contributed by atoms with E-state index in [4.69, 9.17) is 4.74 Å². The maximum Gasteiger partial charge on any atom is 0.341 e. The topological polar surface area (TPSA) is 108 Å². The summed E-state index contributed by atoms with van der Waals surface area (Å²) in [4.78, 5) is 44.0. The van der Waals surface area contributed by atoms with Crippen LogP contribution in [0, 0.1) is 0 Å². The van der Waals surface area contributed by atoms with Crippen molar-refractivity contribution in [2.24, 2.45) is 0 Å². The highest BCUT2D eigenvalue weighted by Gasteiger charge is 2.27. The molecule has 9 nitrogen and oxygen atoms in total. The van der Waals surface area contributed by atoms with Crippen molar-refractivity contribution >= 4 is 39.2 Å². The predicted octanol–water partition coefficient (Wildman–Crippen LogP) is 3.34. The van der Waals surface area contributed by atoms with Crippen LogP contribution in [0.5, 0.6) is 0 Å². The third kappa shape index (κ3) is 4.01. The van der Waals surface area contributed by atoms with Gasteiger partial charge in [0.05, 0.1) is 24.1 Å². The van der Waals surface area contributed by atoms with Crippen LogP contribution in [0.25, 0.3) is 16.7 Å². The maximum absolute atomic E-state index is 13.0. The number of benzene rings is 1. The first-order valence-corrected chi connectivity index (χ1v) is 12.0. The summed E-state index contributed by atoms with van der Waals surface area (Å²) in [6.07, 6.45) is 6.53. The van der Waals surface area contributed by atoms with Crippen molar-refractivity contribution in [2.45, 2.75) is 39.2 Å². The van der Waals surface area contributed by atoms with Gasteiger partial charge in [-0.2, -0.15) is 5.10 Å². The Morgan fingerprint density at radius 3 is 2.76 bits per heavy atom. The Morgan fingerprint density at radius 1 is 1.18 bits per heavy atom. The number of esters is 1. The number of aryl methyl sites for hydroxylation is 1. The summed E-state index contributed by atoms with van der Waals surface area (Å²) >= 11 is 1.41. The van der Waals surface area contributed by atoms with Gasteiger partial charge in [0.1, 0.15) is 23.3 Å². The summed E-state index contributed by atoms with van der Waals surface area (Å²) in [7, 11) is 0. The molecule has 1 aliphatic carbocycles. The second kappa shape index (κ2) is 9.22. The summed E-state index contributed by atoms with van der Waals surface area (Å²) in [5.74, 6) is -0.839. The number of carbonyl (C=O) groups is 2. The standard InChI is InChI=1S/C24H23N5O4S/c1-2-33-24(32)20-16-10-6-7-11-18(16)34-22(20)27-19(30)13-28-14-25-21-17(23(28)31)12-26-29(21)15-8-4-3-5-9-15/h3-5,8-9,12,14H,2,6-7,10-11,13H2,1H3,(H,27,30). The fourth-order valence-electron chi connectivity index (χ4n) is 4.21. The lowest BCUT2D eigenvalue weighted by molar-refractivity contribution is -0.116. The number of aromatic nitrogens is 4. The number of amides is 1. The molecular formula is C24H23N5O4S. The van der Waals surface area contributed by atoms with E-state index in [1.165, 1.54) is 28.4 Å². The van der Waals surface area contributed by atoms with Crippen molar-refractivity contribution in [1.82, 2.24) is 19.3 Å². The molecule has 4 aromatic rings. The van der Waals surface area contributed by atoms with Gasteiger partial charge in [0.2, 0.25) is 5.91 Å². The minimum Gasteiger partial charge on any atom is -0.462 e. The molecule has 0 fully saturated rings. The first-order valence-electron chi connectivity index (χ1n) is 11.2. The van der Waals surface area contributed by atoms with Crippen LogP contribution in [0.3, 0.4) is 0 Å². The van der Waals surface area contributed by atoms with Crippen LogP contribution in [0.1, 0.15) is 40.6 Å². The number of hydrogen-bond donors (Lipinski definition) is 1. The van der Waals surface area contributed by atoms with Crippen molar-refractivity contribution < 1.29 is 14.3 Å². The molecule has 0 saturated heterocycles. The van der Waals surface area contributed by atoms with E-state index in [0.29, 0.717) is 21.6 Å². The second-order valence-corrected chi connectivity index (χ2v) is 9.10. The van der Waals surface area contributed by atoms with Gasteiger partial charge in [-0.3, -0.25) is 14.2 Å². The fourth-order valence-corrected chi connectivity index (χ4v) is 5.51. The third-order valence-electron chi connectivity index (χ3n) is 5.77. The lowest BCUT2D eigenvalue weighted by Crippen LogP contribution is -2.28. The van der Waals surface area contributed by atoms with Crippen molar-refractivity contribution in [2.75, 3.05) is 11.9 Å². The normalized spacial score (nSPS) is 13.0. The van der Waals surface area contributed by atoms with Crippen molar-refractivity contribution in [3.05, 3.63) is 69.2 Å². The van der Waals surface area contributed by atoms with Gasteiger partial charge in [-0.15, -0.1) is 11.3 Å². The summed E-state index contributed by atoms with van der Waals surface area (Å²) in [5.41, 5.74) is 2.26. The molecule has 0 atom stereocenters. The van der Waals surface area contributed by atoms with E-state index in [-0.39, 0.29) is 18.7 Å². The molecule has 3 aromatic heterocycles. The second-order valence-electron chi connectivity index (χ2n) is 7.99. The van der Waals surface area contributed by atoms with Crippen LogP contribution in [0.15, 0.2) is 47.7 Å². The monoisotopic (exact) mass is 477 g/mol. The number of rotatable bonds is 6. The number of thiophene rings is 1. The molecule has 34 heavy (non-hydrogen) atoms.